The summed E-state index contributed by atoms with van der Waals surface area (Å²) in [5, 5.41) is 6.72. The van der Waals surface area contributed by atoms with Crippen LogP contribution in [0.1, 0.15) is 26.2 Å². The van der Waals surface area contributed by atoms with Crippen LogP contribution < -0.4 is 15.5 Å². The number of para-hydroxylation sites is 1. The van der Waals surface area contributed by atoms with E-state index in [1.807, 2.05) is 12.1 Å². The first-order chi connectivity index (χ1) is 13.8. The Hall–Kier alpha value is -1.13. The van der Waals surface area contributed by atoms with Crippen molar-refractivity contribution in [2.45, 2.75) is 32.3 Å². The molecule has 8 heteroatoms. The summed E-state index contributed by atoms with van der Waals surface area (Å²) in [7, 11) is 0. The Morgan fingerprint density at radius 1 is 1.21 bits per heavy atom. The van der Waals surface area contributed by atoms with E-state index >= 15 is 0 Å². The summed E-state index contributed by atoms with van der Waals surface area (Å²) >= 11 is 0. The molecule has 164 valence electrons. The van der Waals surface area contributed by atoms with Crippen molar-refractivity contribution in [1.29, 1.82) is 0 Å². The molecule has 1 atom stereocenters. The molecule has 0 saturated carbocycles. The highest BCUT2D eigenvalue weighted by atomic mass is 127. The number of anilines is 1. The van der Waals surface area contributed by atoms with E-state index in [2.05, 4.69) is 32.3 Å². The molecule has 0 aromatic heterocycles. The Morgan fingerprint density at radius 3 is 2.69 bits per heavy atom. The van der Waals surface area contributed by atoms with Crippen molar-refractivity contribution in [2.24, 2.45) is 4.99 Å². The van der Waals surface area contributed by atoms with Gasteiger partial charge in [-0.3, -0.25) is 9.89 Å². The molecule has 6 nitrogen and oxygen atoms in total. The van der Waals surface area contributed by atoms with Gasteiger partial charge >= 0.3 is 0 Å². The van der Waals surface area contributed by atoms with Crippen LogP contribution in [0.3, 0.4) is 0 Å². The molecule has 1 aromatic rings. The smallest absolute Gasteiger partial charge is 0.191 e. The third-order valence-corrected chi connectivity index (χ3v) is 5.33. The molecular weight excluding hydrogens is 484 g/mol. The minimum Gasteiger partial charge on any atom is -0.376 e. The van der Waals surface area contributed by atoms with E-state index in [0.29, 0.717) is 0 Å². The quantitative estimate of drug-likeness (QED) is 0.240. The summed E-state index contributed by atoms with van der Waals surface area (Å²) in [4.78, 5) is 9.24. The lowest BCUT2D eigenvalue weighted by Crippen LogP contribution is -2.47. The Labute approximate surface area is 191 Å². The van der Waals surface area contributed by atoms with Crippen molar-refractivity contribution in [3.05, 3.63) is 30.1 Å². The first kappa shape index (κ1) is 24.1. The molecule has 1 unspecified atom stereocenters. The molecule has 3 rings (SSSR count). The summed E-state index contributed by atoms with van der Waals surface area (Å²) in [6.45, 7) is 10.2. The summed E-state index contributed by atoms with van der Waals surface area (Å²) < 4.78 is 19.6. The third-order valence-electron chi connectivity index (χ3n) is 5.33. The van der Waals surface area contributed by atoms with Crippen molar-refractivity contribution in [2.75, 3.05) is 63.9 Å². The van der Waals surface area contributed by atoms with Crippen LogP contribution in [0, 0.1) is 5.82 Å². The number of benzene rings is 1. The topological polar surface area (TPSA) is 52.1 Å². The minimum atomic E-state index is -0.126. The molecule has 0 spiro atoms. The number of ether oxygens (including phenoxy) is 1. The molecule has 2 aliphatic rings. The third kappa shape index (κ3) is 7.90. The number of piperazine rings is 1. The van der Waals surface area contributed by atoms with Crippen LogP contribution in [0.2, 0.25) is 0 Å². The largest absolute Gasteiger partial charge is 0.376 e. The van der Waals surface area contributed by atoms with E-state index in [0.717, 1.165) is 89.9 Å². The van der Waals surface area contributed by atoms with Crippen molar-refractivity contribution in [3.63, 3.8) is 0 Å². The van der Waals surface area contributed by atoms with Gasteiger partial charge in [0, 0.05) is 45.9 Å². The fraction of sp³-hybridized carbons (Fsp3) is 0.667. The zero-order valence-electron chi connectivity index (χ0n) is 17.4. The van der Waals surface area contributed by atoms with Crippen LogP contribution in [-0.4, -0.2) is 75.9 Å². The molecule has 0 aliphatic carbocycles. The van der Waals surface area contributed by atoms with E-state index in [-0.39, 0.29) is 35.9 Å². The second-order valence-electron chi connectivity index (χ2n) is 7.42. The first-order valence-corrected chi connectivity index (χ1v) is 10.6. The van der Waals surface area contributed by atoms with Gasteiger partial charge in [-0.2, -0.15) is 0 Å². The van der Waals surface area contributed by atoms with Crippen LogP contribution in [0.15, 0.2) is 29.3 Å². The van der Waals surface area contributed by atoms with Gasteiger partial charge in [-0.25, -0.2) is 4.39 Å². The van der Waals surface area contributed by atoms with E-state index in [9.17, 15) is 4.39 Å². The van der Waals surface area contributed by atoms with Crippen LogP contribution in [0.25, 0.3) is 0 Å². The highest BCUT2D eigenvalue weighted by Gasteiger charge is 2.19. The fourth-order valence-corrected chi connectivity index (χ4v) is 3.75. The number of aliphatic imine (C=N–C) groups is 1. The van der Waals surface area contributed by atoms with Gasteiger partial charge in [0.05, 0.1) is 18.3 Å². The van der Waals surface area contributed by atoms with E-state index in [1.54, 1.807) is 6.07 Å². The normalized spacial score (nSPS) is 20.4. The maximum atomic E-state index is 13.9. The lowest BCUT2D eigenvalue weighted by Gasteiger charge is -2.36. The lowest BCUT2D eigenvalue weighted by molar-refractivity contribution is 0.117. The Bertz CT molecular complexity index is 619. The van der Waals surface area contributed by atoms with Crippen molar-refractivity contribution in [3.8, 4) is 0 Å². The Morgan fingerprint density at radius 2 is 2.00 bits per heavy atom. The van der Waals surface area contributed by atoms with Gasteiger partial charge in [-0.05, 0) is 44.9 Å². The van der Waals surface area contributed by atoms with Gasteiger partial charge in [-0.1, -0.05) is 12.1 Å². The van der Waals surface area contributed by atoms with Crippen LogP contribution in [0.4, 0.5) is 10.1 Å². The number of guanidine groups is 1. The second kappa shape index (κ2) is 13.2. The van der Waals surface area contributed by atoms with E-state index in [4.69, 9.17) is 4.74 Å². The number of nitrogens with zero attached hydrogens (tertiary/aromatic N) is 3. The molecule has 0 amide bonds. The average molecular weight is 519 g/mol. The number of rotatable bonds is 8. The number of hydrogen-bond donors (Lipinski definition) is 2. The Balaban J connectivity index is 0.00000300. The molecule has 2 saturated heterocycles. The van der Waals surface area contributed by atoms with E-state index in [1.165, 1.54) is 6.07 Å². The van der Waals surface area contributed by atoms with Gasteiger partial charge < -0.3 is 20.3 Å². The molecule has 1 aromatic carbocycles. The number of nitrogens with one attached hydrogen (secondary N) is 2. The zero-order chi connectivity index (χ0) is 19.6. The summed E-state index contributed by atoms with van der Waals surface area (Å²) in [6, 6.07) is 7.05. The Kier molecular flexibility index (Phi) is 11.0. The molecular formula is C21H35FIN5O. The predicted molar refractivity (Wildman–Crippen MR) is 128 cm³/mol. The maximum absolute atomic E-state index is 13.9. The van der Waals surface area contributed by atoms with E-state index < -0.39 is 0 Å². The van der Waals surface area contributed by atoms with Crippen molar-refractivity contribution >= 4 is 35.6 Å². The molecule has 29 heavy (non-hydrogen) atoms. The zero-order valence-corrected chi connectivity index (χ0v) is 19.7. The highest BCUT2D eigenvalue weighted by Crippen LogP contribution is 2.20. The molecule has 0 radical (unpaired) electrons. The average Bonchev–Trinajstić information content (AvgIpc) is 3.24. The fourth-order valence-electron chi connectivity index (χ4n) is 3.75. The van der Waals surface area contributed by atoms with Crippen molar-refractivity contribution < 1.29 is 9.13 Å². The second-order valence-corrected chi connectivity index (χ2v) is 7.42. The number of hydrogen-bond acceptors (Lipinski definition) is 4. The monoisotopic (exact) mass is 519 g/mol. The van der Waals surface area contributed by atoms with Gasteiger partial charge in [0.1, 0.15) is 5.82 Å². The molecule has 2 heterocycles. The predicted octanol–water partition coefficient (Wildman–Crippen LogP) is 2.69. The van der Waals surface area contributed by atoms with Gasteiger partial charge in [-0.15, -0.1) is 24.0 Å². The molecule has 2 fully saturated rings. The van der Waals surface area contributed by atoms with Crippen LogP contribution >= 0.6 is 24.0 Å². The first-order valence-electron chi connectivity index (χ1n) is 10.6. The minimum absolute atomic E-state index is 0. The summed E-state index contributed by atoms with van der Waals surface area (Å²) in [5.41, 5.74) is 0.724. The highest BCUT2D eigenvalue weighted by molar-refractivity contribution is 14.0. The van der Waals surface area contributed by atoms with Crippen LogP contribution in [0.5, 0.6) is 0 Å². The van der Waals surface area contributed by atoms with Gasteiger partial charge in [0.2, 0.25) is 0 Å². The van der Waals surface area contributed by atoms with Gasteiger partial charge in [0.25, 0.3) is 0 Å². The maximum Gasteiger partial charge on any atom is 0.191 e. The summed E-state index contributed by atoms with van der Waals surface area (Å²) in [6.07, 6.45) is 3.60. The van der Waals surface area contributed by atoms with Crippen LogP contribution in [-0.2, 0) is 4.74 Å². The molecule has 0 bridgehead atoms. The van der Waals surface area contributed by atoms with Gasteiger partial charge in [0.15, 0.2) is 5.96 Å². The number of halogens is 2. The molecule has 2 aliphatic heterocycles. The molecule has 2 N–H and O–H groups in total. The standard InChI is InChI=1S/C21H34FN5O.HI/c1-2-23-21(25-17-18-7-5-16-28-18)24-10-6-11-26-12-14-27(15-13-26)20-9-4-3-8-19(20)22;/h3-4,8-9,18H,2,5-7,10-17H2,1H3,(H2,23,24,25);1H. The van der Waals surface area contributed by atoms with Crippen molar-refractivity contribution in [1.82, 2.24) is 15.5 Å². The lowest BCUT2D eigenvalue weighted by atomic mass is 10.2. The SMILES string of the molecule is CCNC(=NCC1CCCO1)NCCCN1CCN(c2ccccc2F)CC1.I. The summed E-state index contributed by atoms with van der Waals surface area (Å²) in [5.74, 6) is 0.751.